The third-order valence-corrected chi connectivity index (χ3v) is 3.21. The van der Waals surface area contributed by atoms with Gasteiger partial charge in [0.15, 0.2) is 0 Å². The average Bonchev–Trinajstić information content (AvgIpc) is 2.22. The second kappa shape index (κ2) is 5.35. The highest BCUT2D eigenvalue weighted by atomic mass is 16.5. The van der Waals surface area contributed by atoms with Crippen LogP contribution in [0.1, 0.15) is 31.7 Å². The van der Waals surface area contributed by atoms with Gasteiger partial charge in [-0.3, -0.25) is 0 Å². The van der Waals surface area contributed by atoms with Crippen molar-refractivity contribution in [1.82, 2.24) is 5.32 Å². The molecule has 1 aromatic carbocycles. The van der Waals surface area contributed by atoms with E-state index in [1.165, 1.54) is 24.8 Å². The summed E-state index contributed by atoms with van der Waals surface area (Å²) in [5.41, 5.74) is 1.21. The van der Waals surface area contributed by atoms with Gasteiger partial charge in [0.05, 0.1) is 0 Å². The number of hydrogen-bond donors (Lipinski definition) is 1. The van der Waals surface area contributed by atoms with Crippen LogP contribution in [0.4, 0.5) is 0 Å². The molecule has 0 heterocycles. The lowest BCUT2D eigenvalue weighted by Crippen LogP contribution is -2.43. The summed E-state index contributed by atoms with van der Waals surface area (Å²) in [7, 11) is 0. The molecule has 0 spiro atoms. The van der Waals surface area contributed by atoms with Crippen LogP contribution in [0.25, 0.3) is 0 Å². The summed E-state index contributed by atoms with van der Waals surface area (Å²) in [5.74, 6) is 1.00. The second-order valence-electron chi connectivity index (χ2n) is 4.77. The first-order valence-electron chi connectivity index (χ1n) is 6.20. The number of para-hydroxylation sites is 1. The standard InChI is InChI=1S/C14H21NO/c1-11-6-3-4-9-14(11)16-10-12(2)15-13-7-5-8-13/h3-4,6,9,12-13,15H,5,7-8,10H2,1-2H3. The van der Waals surface area contributed by atoms with Gasteiger partial charge in [0.2, 0.25) is 0 Å². The molecule has 0 saturated heterocycles. The topological polar surface area (TPSA) is 21.3 Å². The summed E-state index contributed by atoms with van der Waals surface area (Å²) < 4.78 is 5.81. The van der Waals surface area contributed by atoms with Crippen molar-refractivity contribution in [3.05, 3.63) is 29.8 Å². The van der Waals surface area contributed by atoms with E-state index in [9.17, 15) is 0 Å². The molecule has 1 unspecified atom stereocenters. The van der Waals surface area contributed by atoms with E-state index < -0.39 is 0 Å². The van der Waals surface area contributed by atoms with Crippen LogP contribution in [0.5, 0.6) is 5.75 Å². The zero-order valence-electron chi connectivity index (χ0n) is 10.2. The van der Waals surface area contributed by atoms with Crippen molar-refractivity contribution in [3.8, 4) is 5.75 Å². The van der Waals surface area contributed by atoms with Crippen LogP contribution in [0, 0.1) is 6.92 Å². The van der Waals surface area contributed by atoms with E-state index >= 15 is 0 Å². The molecule has 2 heteroatoms. The largest absolute Gasteiger partial charge is 0.492 e. The van der Waals surface area contributed by atoms with Gasteiger partial charge in [-0.25, -0.2) is 0 Å². The first-order valence-corrected chi connectivity index (χ1v) is 6.20. The Kier molecular flexibility index (Phi) is 3.83. The lowest BCUT2D eigenvalue weighted by Gasteiger charge is -2.30. The summed E-state index contributed by atoms with van der Waals surface area (Å²) in [6, 6.07) is 9.34. The summed E-state index contributed by atoms with van der Waals surface area (Å²) in [6.45, 7) is 5.03. The molecule has 1 fully saturated rings. The fourth-order valence-corrected chi connectivity index (χ4v) is 1.96. The molecule has 2 rings (SSSR count). The minimum absolute atomic E-state index is 0.435. The number of hydrogen-bond acceptors (Lipinski definition) is 2. The Morgan fingerprint density at radius 2 is 2.12 bits per heavy atom. The highest BCUT2D eigenvalue weighted by Gasteiger charge is 2.19. The van der Waals surface area contributed by atoms with Crippen LogP contribution in [-0.4, -0.2) is 18.7 Å². The highest BCUT2D eigenvalue weighted by molar-refractivity contribution is 5.31. The monoisotopic (exact) mass is 219 g/mol. The summed E-state index contributed by atoms with van der Waals surface area (Å²) in [6.07, 6.45) is 4.03. The normalized spacial score (nSPS) is 17.9. The van der Waals surface area contributed by atoms with Crippen LogP contribution in [0.15, 0.2) is 24.3 Å². The van der Waals surface area contributed by atoms with Gasteiger partial charge in [-0.05, 0) is 38.3 Å². The molecule has 16 heavy (non-hydrogen) atoms. The Morgan fingerprint density at radius 3 is 2.75 bits per heavy atom. The molecule has 88 valence electrons. The molecular formula is C14H21NO. The van der Waals surface area contributed by atoms with Crippen LogP contribution in [-0.2, 0) is 0 Å². The van der Waals surface area contributed by atoms with E-state index in [2.05, 4.69) is 25.2 Å². The van der Waals surface area contributed by atoms with Crippen LogP contribution in [0.2, 0.25) is 0 Å². The van der Waals surface area contributed by atoms with E-state index in [-0.39, 0.29) is 0 Å². The minimum Gasteiger partial charge on any atom is -0.492 e. The molecule has 0 radical (unpaired) electrons. The van der Waals surface area contributed by atoms with Crippen molar-refractivity contribution >= 4 is 0 Å². The molecule has 1 aliphatic rings. The summed E-state index contributed by atoms with van der Waals surface area (Å²) >= 11 is 0. The third-order valence-electron chi connectivity index (χ3n) is 3.21. The van der Waals surface area contributed by atoms with Gasteiger partial charge in [-0.1, -0.05) is 24.6 Å². The van der Waals surface area contributed by atoms with Gasteiger partial charge in [0, 0.05) is 12.1 Å². The third kappa shape index (κ3) is 2.99. The van der Waals surface area contributed by atoms with E-state index in [1.54, 1.807) is 0 Å². The first-order chi connectivity index (χ1) is 7.75. The van der Waals surface area contributed by atoms with Crippen LogP contribution in [0.3, 0.4) is 0 Å². The van der Waals surface area contributed by atoms with Crippen LogP contribution >= 0.6 is 0 Å². The van der Waals surface area contributed by atoms with Crippen LogP contribution < -0.4 is 10.1 Å². The van der Waals surface area contributed by atoms with E-state index in [0.29, 0.717) is 6.04 Å². The minimum atomic E-state index is 0.435. The Balaban J connectivity index is 1.75. The molecule has 1 aliphatic carbocycles. The zero-order chi connectivity index (χ0) is 11.4. The quantitative estimate of drug-likeness (QED) is 0.822. The highest BCUT2D eigenvalue weighted by Crippen LogP contribution is 2.19. The summed E-state index contributed by atoms with van der Waals surface area (Å²) in [4.78, 5) is 0. The Morgan fingerprint density at radius 1 is 1.38 bits per heavy atom. The lowest BCUT2D eigenvalue weighted by atomic mass is 9.92. The maximum atomic E-state index is 5.81. The average molecular weight is 219 g/mol. The Hall–Kier alpha value is -1.02. The molecule has 1 aromatic rings. The molecule has 0 aliphatic heterocycles. The number of rotatable bonds is 5. The SMILES string of the molecule is Cc1ccccc1OCC(C)NC1CCC1. The van der Waals surface area contributed by atoms with E-state index in [1.807, 2.05) is 18.2 Å². The van der Waals surface area contributed by atoms with Crippen molar-refractivity contribution in [1.29, 1.82) is 0 Å². The van der Waals surface area contributed by atoms with Gasteiger partial charge >= 0.3 is 0 Å². The van der Waals surface area contributed by atoms with Crippen molar-refractivity contribution < 1.29 is 4.74 Å². The number of aryl methyl sites for hydroxylation is 1. The second-order valence-corrected chi connectivity index (χ2v) is 4.77. The van der Waals surface area contributed by atoms with Gasteiger partial charge < -0.3 is 10.1 Å². The van der Waals surface area contributed by atoms with Crippen molar-refractivity contribution in [2.75, 3.05) is 6.61 Å². The van der Waals surface area contributed by atoms with Crippen molar-refractivity contribution in [2.45, 2.75) is 45.2 Å². The predicted molar refractivity (Wildman–Crippen MR) is 66.9 cm³/mol. The van der Waals surface area contributed by atoms with Crippen molar-refractivity contribution in [2.24, 2.45) is 0 Å². The molecule has 0 bridgehead atoms. The fourth-order valence-electron chi connectivity index (χ4n) is 1.96. The van der Waals surface area contributed by atoms with Gasteiger partial charge in [0.25, 0.3) is 0 Å². The smallest absolute Gasteiger partial charge is 0.122 e. The number of ether oxygens (including phenoxy) is 1. The van der Waals surface area contributed by atoms with Gasteiger partial charge in [-0.15, -0.1) is 0 Å². The molecule has 0 aromatic heterocycles. The maximum Gasteiger partial charge on any atom is 0.122 e. The molecule has 1 saturated carbocycles. The Labute approximate surface area is 98.0 Å². The fraction of sp³-hybridized carbons (Fsp3) is 0.571. The molecule has 2 nitrogen and oxygen atoms in total. The number of nitrogens with one attached hydrogen (secondary N) is 1. The maximum absolute atomic E-state index is 5.81. The van der Waals surface area contributed by atoms with E-state index in [4.69, 9.17) is 4.74 Å². The first kappa shape index (κ1) is 11.5. The van der Waals surface area contributed by atoms with Gasteiger partial charge in [-0.2, -0.15) is 0 Å². The van der Waals surface area contributed by atoms with Crippen molar-refractivity contribution in [3.63, 3.8) is 0 Å². The molecule has 1 N–H and O–H groups in total. The zero-order valence-corrected chi connectivity index (χ0v) is 10.2. The number of benzene rings is 1. The molecule has 1 atom stereocenters. The molecule has 0 amide bonds. The molecular weight excluding hydrogens is 198 g/mol. The lowest BCUT2D eigenvalue weighted by molar-refractivity contribution is 0.231. The summed E-state index contributed by atoms with van der Waals surface area (Å²) in [5, 5.41) is 3.58. The van der Waals surface area contributed by atoms with Gasteiger partial charge in [0.1, 0.15) is 12.4 Å². The Bertz CT molecular complexity index is 333. The van der Waals surface area contributed by atoms with E-state index in [0.717, 1.165) is 18.4 Å². The predicted octanol–water partition coefficient (Wildman–Crippen LogP) is 2.90.